The Morgan fingerprint density at radius 2 is 2.21 bits per heavy atom. The van der Waals surface area contributed by atoms with Crippen LogP contribution in [-0.2, 0) is 17.9 Å². The number of aromatic nitrogens is 3. The summed E-state index contributed by atoms with van der Waals surface area (Å²) in [5.41, 5.74) is 3.85. The molecule has 0 bridgehead atoms. The Kier molecular flexibility index (Phi) is 2.79. The lowest BCUT2D eigenvalue weighted by atomic mass is 10.2. The number of fused-ring (bicyclic) bond motifs is 2. The summed E-state index contributed by atoms with van der Waals surface area (Å²) in [5, 5.41) is 5.20. The standard InChI is InChI=1S/C17H16N4O2S/c1-9-14(13-3-2-6-24-13)19-21-15(9)18-12-8-20(7-11(12)17(21)23)16(22)10-4-5-10/h2-3,6,10,19H,4-5,7-8H2,1H3. The number of rotatable bonds is 2. The minimum Gasteiger partial charge on any atom is -0.332 e. The molecule has 0 saturated heterocycles. The van der Waals surface area contributed by atoms with Crippen LogP contribution in [0.1, 0.15) is 29.7 Å². The average Bonchev–Trinajstić information content (AvgIpc) is 2.98. The number of hydrogen-bond acceptors (Lipinski definition) is 4. The Morgan fingerprint density at radius 1 is 1.38 bits per heavy atom. The number of carbonyl (C=O) groups is 1. The number of aryl methyl sites for hydroxylation is 1. The van der Waals surface area contributed by atoms with Gasteiger partial charge in [-0.2, -0.15) is 0 Å². The fraction of sp³-hybridized carbons (Fsp3) is 0.353. The summed E-state index contributed by atoms with van der Waals surface area (Å²) in [6.07, 6.45) is 1.95. The zero-order chi connectivity index (χ0) is 16.4. The molecule has 0 spiro atoms. The largest absolute Gasteiger partial charge is 0.332 e. The second kappa shape index (κ2) is 4.80. The Hall–Kier alpha value is -2.41. The first kappa shape index (κ1) is 14.0. The van der Waals surface area contributed by atoms with Gasteiger partial charge in [-0.1, -0.05) is 6.07 Å². The molecular weight excluding hydrogens is 324 g/mol. The molecule has 0 aromatic carbocycles. The molecule has 1 aliphatic heterocycles. The maximum Gasteiger partial charge on any atom is 0.278 e. The number of amides is 1. The normalized spacial score (nSPS) is 16.8. The molecule has 0 atom stereocenters. The first-order valence-electron chi connectivity index (χ1n) is 8.09. The maximum atomic E-state index is 12.9. The van der Waals surface area contributed by atoms with Crippen molar-refractivity contribution in [3.05, 3.63) is 44.7 Å². The molecule has 1 N–H and O–H groups in total. The van der Waals surface area contributed by atoms with Gasteiger partial charge in [0.1, 0.15) is 0 Å². The third kappa shape index (κ3) is 1.91. The molecule has 1 amide bonds. The van der Waals surface area contributed by atoms with Crippen molar-refractivity contribution < 1.29 is 4.79 Å². The van der Waals surface area contributed by atoms with Gasteiger partial charge in [0.2, 0.25) is 5.91 Å². The van der Waals surface area contributed by atoms with Crippen LogP contribution in [-0.4, -0.2) is 25.4 Å². The van der Waals surface area contributed by atoms with Gasteiger partial charge in [-0.05, 0) is 31.2 Å². The van der Waals surface area contributed by atoms with Crippen molar-refractivity contribution in [3.63, 3.8) is 0 Å². The molecular formula is C17H16N4O2S. The lowest BCUT2D eigenvalue weighted by Crippen LogP contribution is -2.27. The Morgan fingerprint density at radius 3 is 2.92 bits per heavy atom. The van der Waals surface area contributed by atoms with Crippen LogP contribution in [0.25, 0.3) is 16.2 Å². The van der Waals surface area contributed by atoms with Crippen LogP contribution in [0.3, 0.4) is 0 Å². The van der Waals surface area contributed by atoms with E-state index in [2.05, 4.69) is 5.10 Å². The van der Waals surface area contributed by atoms with E-state index in [0.29, 0.717) is 24.3 Å². The number of H-pyrrole nitrogens is 1. The lowest BCUT2D eigenvalue weighted by molar-refractivity contribution is -0.133. The second-order valence-corrected chi connectivity index (χ2v) is 7.51. The van der Waals surface area contributed by atoms with Crippen molar-refractivity contribution in [2.45, 2.75) is 32.9 Å². The molecule has 3 aromatic rings. The van der Waals surface area contributed by atoms with Gasteiger partial charge in [-0.3, -0.25) is 14.7 Å². The summed E-state index contributed by atoms with van der Waals surface area (Å²) < 4.78 is 1.52. The smallest absolute Gasteiger partial charge is 0.278 e. The molecule has 122 valence electrons. The molecule has 0 unspecified atom stereocenters. The van der Waals surface area contributed by atoms with E-state index in [1.165, 1.54) is 4.52 Å². The molecule has 4 heterocycles. The van der Waals surface area contributed by atoms with Crippen LogP contribution < -0.4 is 5.56 Å². The minimum atomic E-state index is -0.0907. The maximum absolute atomic E-state index is 12.9. The lowest BCUT2D eigenvalue weighted by Gasteiger charge is -2.13. The van der Waals surface area contributed by atoms with E-state index in [9.17, 15) is 9.59 Å². The van der Waals surface area contributed by atoms with Gasteiger partial charge in [-0.25, -0.2) is 9.50 Å². The molecule has 1 fully saturated rings. The van der Waals surface area contributed by atoms with Crippen molar-refractivity contribution in [1.82, 2.24) is 19.5 Å². The molecule has 3 aromatic heterocycles. The van der Waals surface area contributed by atoms with Crippen LogP contribution in [0, 0.1) is 12.8 Å². The van der Waals surface area contributed by atoms with E-state index in [1.54, 1.807) is 16.2 Å². The van der Waals surface area contributed by atoms with Gasteiger partial charge >= 0.3 is 0 Å². The number of aromatic amines is 1. The van der Waals surface area contributed by atoms with Gasteiger partial charge in [0.15, 0.2) is 5.65 Å². The van der Waals surface area contributed by atoms with Crippen LogP contribution in [0.5, 0.6) is 0 Å². The fourth-order valence-corrected chi connectivity index (χ4v) is 4.16. The molecule has 1 aliphatic carbocycles. The van der Waals surface area contributed by atoms with Crippen LogP contribution >= 0.6 is 11.3 Å². The van der Waals surface area contributed by atoms with Gasteiger partial charge in [0, 0.05) is 11.5 Å². The Balaban J connectivity index is 1.62. The predicted molar refractivity (Wildman–Crippen MR) is 90.8 cm³/mol. The first-order chi connectivity index (χ1) is 11.6. The SMILES string of the molecule is Cc1c(-c2cccs2)[nH]n2c(=O)c3c(nc12)CN(C(=O)C1CC1)C3. The number of hydrogen-bond donors (Lipinski definition) is 1. The van der Waals surface area contributed by atoms with Crippen LogP contribution in [0.2, 0.25) is 0 Å². The Bertz CT molecular complexity index is 1030. The summed E-state index contributed by atoms with van der Waals surface area (Å²) in [6, 6.07) is 4.01. The van der Waals surface area contributed by atoms with E-state index >= 15 is 0 Å². The molecule has 6 nitrogen and oxygen atoms in total. The highest BCUT2D eigenvalue weighted by molar-refractivity contribution is 7.13. The Labute approximate surface area is 141 Å². The van der Waals surface area contributed by atoms with Crippen molar-refractivity contribution in [2.24, 2.45) is 5.92 Å². The quantitative estimate of drug-likeness (QED) is 0.778. The van der Waals surface area contributed by atoms with Crippen molar-refractivity contribution in [3.8, 4) is 10.6 Å². The van der Waals surface area contributed by atoms with E-state index in [0.717, 1.165) is 34.7 Å². The zero-order valence-electron chi connectivity index (χ0n) is 13.2. The minimum absolute atomic E-state index is 0.0907. The number of carbonyl (C=O) groups excluding carboxylic acids is 1. The fourth-order valence-electron chi connectivity index (χ4n) is 3.38. The molecule has 2 aliphatic rings. The second-order valence-electron chi connectivity index (χ2n) is 6.56. The molecule has 1 saturated carbocycles. The molecule has 5 rings (SSSR count). The predicted octanol–water partition coefficient (Wildman–Crippen LogP) is 2.31. The molecule has 0 radical (unpaired) electrons. The van der Waals surface area contributed by atoms with E-state index < -0.39 is 0 Å². The average molecular weight is 340 g/mol. The van der Waals surface area contributed by atoms with Crippen molar-refractivity contribution in [1.29, 1.82) is 0 Å². The number of nitrogens with zero attached hydrogens (tertiary/aromatic N) is 3. The van der Waals surface area contributed by atoms with Gasteiger partial charge in [0.25, 0.3) is 5.56 Å². The summed E-state index contributed by atoms with van der Waals surface area (Å²) in [5.74, 6) is 0.330. The van der Waals surface area contributed by atoms with Crippen LogP contribution in [0.15, 0.2) is 22.3 Å². The van der Waals surface area contributed by atoms with Gasteiger partial charge in [0.05, 0.1) is 34.9 Å². The first-order valence-corrected chi connectivity index (χ1v) is 8.97. The van der Waals surface area contributed by atoms with Crippen LogP contribution in [0.4, 0.5) is 0 Å². The highest BCUT2D eigenvalue weighted by Crippen LogP contribution is 2.34. The monoisotopic (exact) mass is 340 g/mol. The highest BCUT2D eigenvalue weighted by Gasteiger charge is 2.37. The number of thiophene rings is 1. The third-order valence-electron chi connectivity index (χ3n) is 4.89. The van der Waals surface area contributed by atoms with Gasteiger partial charge in [-0.15, -0.1) is 11.3 Å². The van der Waals surface area contributed by atoms with Crippen molar-refractivity contribution in [2.75, 3.05) is 0 Å². The molecule has 24 heavy (non-hydrogen) atoms. The van der Waals surface area contributed by atoms with Crippen molar-refractivity contribution >= 4 is 22.9 Å². The summed E-state index contributed by atoms with van der Waals surface area (Å²) in [4.78, 5) is 32.7. The van der Waals surface area contributed by atoms with E-state index in [-0.39, 0.29) is 17.4 Å². The third-order valence-corrected chi connectivity index (χ3v) is 5.78. The zero-order valence-corrected chi connectivity index (χ0v) is 14.0. The van der Waals surface area contributed by atoms with E-state index in [4.69, 9.17) is 4.98 Å². The highest BCUT2D eigenvalue weighted by atomic mass is 32.1. The van der Waals surface area contributed by atoms with E-state index in [1.807, 2.05) is 24.4 Å². The summed E-state index contributed by atoms with van der Waals surface area (Å²) in [6.45, 7) is 2.81. The molecule has 7 heteroatoms. The topological polar surface area (TPSA) is 70.5 Å². The summed E-state index contributed by atoms with van der Waals surface area (Å²) in [7, 11) is 0. The number of nitrogens with one attached hydrogen (secondary N) is 1. The summed E-state index contributed by atoms with van der Waals surface area (Å²) >= 11 is 1.63. The van der Waals surface area contributed by atoms with Gasteiger partial charge < -0.3 is 4.90 Å².